The Hall–Kier alpha value is -1.55. The fourth-order valence-electron chi connectivity index (χ4n) is 3.55. The van der Waals surface area contributed by atoms with Crippen molar-refractivity contribution in [2.45, 2.75) is 45.2 Å². The van der Waals surface area contributed by atoms with Gasteiger partial charge >= 0.3 is 6.03 Å². The molecule has 2 aliphatic rings. The van der Waals surface area contributed by atoms with Gasteiger partial charge in [0.05, 0.1) is 12.6 Å². The first-order chi connectivity index (χ1) is 10.2. The molecule has 2 atom stereocenters. The highest BCUT2D eigenvalue weighted by Gasteiger charge is 2.33. The molecule has 3 rings (SSSR count). The highest BCUT2D eigenvalue weighted by atomic mass is 16.3. The van der Waals surface area contributed by atoms with Crippen molar-refractivity contribution in [2.75, 3.05) is 13.2 Å². The summed E-state index contributed by atoms with van der Waals surface area (Å²) in [7, 11) is 0. The third-order valence-electron chi connectivity index (χ3n) is 4.94. The van der Waals surface area contributed by atoms with Gasteiger partial charge in [0, 0.05) is 13.1 Å². The number of benzene rings is 1. The summed E-state index contributed by atoms with van der Waals surface area (Å²) in [5.41, 5.74) is 4.06. The fraction of sp³-hybridized carbons (Fsp3) is 0.588. The van der Waals surface area contributed by atoms with Crippen LogP contribution in [0.25, 0.3) is 0 Å². The van der Waals surface area contributed by atoms with Crippen LogP contribution < -0.4 is 5.32 Å². The third-order valence-corrected chi connectivity index (χ3v) is 4.94. The van der Waals surface area contributed by atoms with E-state index in [1.54, 1.807) is 4.90 Å². The van der Waals surface area contributed by atoms with Crippen molar-refractivity contribution in [3.05, 3.63) is 34.9 Å². The first-order valence-corrected chi connectivity index (χ1v) is 7.95. The van der Waals surface area contributed by atoms with Crippen molar-refractivity contribution >= 4 is 6.03 Å². The maximum Gasteiger partial charge on any atom is 0.318 e. The maximum absolute atomic E-state index is 12.3. The van der Waals surface area contributed by atoms with Crippen LogP contribution in [-0.2, 0) is 19.4 Å². The average Bonchev–Trinajstić information content (AvgIpc) is 3.10. The minimum absolute atomic E-state index is 0.0370. The van der Waals surface area contributed by atoms with Gasteiger partial charge in [-0.25, -0.2) is 4.79 Å². The van der Waals surface area contributed by atoms with Gasteiger partial charge < -0.3 is 15.3 Å². The summed E-state index contributed by atoms with van der Waals surface area (Å²) in [6.07, 6.45) is 4.56. The molecule has 4 nitrogen and oxygen atoms in total. The number of carbonyl (C=O) groups excluding carboxylic acids is 1. The van der Waals surface area contributed by atoms with Gasteiger partial charge in [-0.1, -0.05) is 25.1 Å². The van der Waals surface area contributed by atoms with Crippen LogP contribution in [0.15, 0.2) is 18.2 Å². The summed E-state index contributed by atoms with van der Waals surface area (Å²) in [6, 6.07) is 6.43. The Kier molecular flexibility index (Phi) is 4.15. The van der Waals surface area contributed by atoms with Crippen molar-refractivity contribution in [2.24, 2.45) is 5.92 Å². The van der Waals surface area contributed by atoms with Crippen molar-refractivity contribution in [1.29, 1.82) is 0 Å². The van der Waals surface area contributed by atoms with E-state index in [9.17, 15) is 9.90 Å². The number of likely N-dealkylation sites (tertiary alicyclic amines) is 1. The van der Waals surface area contributed by atoms with E-state index in [0.717, 1.165) is 24.9 Å². The van der Waals surface area contributed by atoms with Crippen LogP contribution in [0.1, 0.15) is 36.5 Å². The number of fused-ring (bicyclic) bond motifs is 1. The number of aliphatic hydroxyl groups is 1. The zero-order chi connectivity index (χ0) is 14.8. The van der Waals surface area contributed by atoms with Crippen molar-refractivity contribution < 1.29 is 9.90 Å². The van der Waals surface area contributed by atoms with Gasteiger partial charge in [-0.2, -0.15) is 0 Å². The zero-order valence-electron chi connectivity index (χ0n) is 12.6. The predicted molar refractivity (Wildman–Crippen MR) is 82.1 cm³/mol. The molecular weight excluding hydrogens is 264 g/mol. The van der Waals surface area contributed by atoms with E-state index in [1.807, 2.05) is 0 Å². The van der Waals surface area contributed by atoms with Crippen molar-refractivity contribution in [3.8, 4) is 0 Å². The van der Waals surface area contributed by atoms with Crippen LogP contribution in [0.3, 0.4) is 0 Å². The number of aliphatic hydroxyl groups excluding tert-OH is 1. The minimum Gasteiger partial charge on any atom is -0.394 e. The number of carbonyl (C=O) groups is 1. The molecule has 0 radical (unpaired) electrons. The molecule has 1 heterocycles. The second-order valence-electron chi connectivity index (χ2n) is 6.32. The molecule has 21 heavy (non-hydrogen) atoms. The highest BCUT2D eigenvalue weighted by Crippen LogP contribution is 2.24. The normalized spacial score (nSPS) is 24.2. The lowest BCUT2D eigenvalue weighted by molar-refractivity contribution is 0.143. The number of nitrogens with zero attached hydrogens (tertiary/aromatic N) is 1. The molecule has 2 amide bonds. The van der Waals surface area contributed by atoms with Gasteiger partial charge in [0.2, 0.25) is 0 Å². The molecular formula is C17H24N2O2. The Morgan fingerprint density at radius 1 is 1.38 bits per heavy atom. The molecule has 0 unspecified atom stereocenters. The molecule has 0 spiro atoms. The lowest BCUT2D eigenvalue weighted by Gasteiger charge is -2.25. The largest absolute Gasteiger partial charge is 0.394 e. The first-order valence-electron chi connectivity index (χ1n) is 7.95. The van der Waals surface area contributed by atoms with E-state index in [0.29, 0.717) is 12.5 Å². The monoisotopic (exact) mass is 288 g/mol. The van der Waals surface area contributed by atoms with Crippen molar-refractivity contribution in [1.82, 2.24) is 10.2 Å². The van der Waals surface area contributed by atoms with Gasteiger partial charge in [0.25, 0.3) is 0 Å². The molecule has 1 aromatic rings. The second-order valence-corrected chi connectivity index (χ2v) is 6.32. The van der Waals surface area contributed by atoms with E-state index in [1.165, 1.54) is 24.0 Å². The highest BCUT2D eigenvalue weighted by molar-refractivity contribution is 5.75. The third kappa shape index (κ3) is 2.91. The minimum atomic E-state index is -0.0566. The molecule has 0 aromatic heterocycles. The predicted octanol–water partition coefficient (Wildman–Crippen LogP) is 2.09. The topological polar surface area (TPSA) is 52.6 Å². The van der Waals surface area contributed by atoms with E-state index < -0.39 is 0 Å². The molecule has 1 fully saturated rings. The quantitative estimate of drug-likeness (QED) is 0.895. The van der Waals surface area contributed by atoms with E-state index in [4.69, 9.17) is 0 Å². The van der Waals surface area contributed by atoms with Crippen LogP contribution in [0.2, 0.25) is 0 Å². The van der Waals surface area contributed by atoms with Gasteiger partial charge in [-0.15, -0.1) is 0 Å². The van der Waals surface area contributed by atoms with Crippen LogP contribution >= 0.6 is 0 Å². The van der Waals surface area contributed by atoms with Gasteiger partial charge in [0.1, 0.15) is 0 Å². The van der Waals surface area contributed by atoms with Crippen LogP contribution in [0, 0.1) is 5.92 Å². The number of amides is 2. The Morgan fingerprint density at radius 2 is 2.19 bits per heavy atom. The molecule has 4 heteroatoms. The lowest BCUT2D eigenvalue weighted by Crippen LogP contribution is -2.45. The molecule has 114 valence electrons. The standard InChI is InChI=1S/C17H24N2O2/c1-12-7-8-19(16(12)11-20)17(21)18-10-13-5-6-14-3-2-4-15(14)9-13/h5-6,9,12,16,20H,2-4,7-8,10-11H2,1H3,(H,18,21)/t12-,16-/m1/s1. The second kappa shape index (κ2) is 6.06. The Bertz CT molecular complexity index is 530. The molecule has 1 aliphatic heterocycles. The van der Waals surface area contributed by atoms with E-state index in [2.05, 4.69) is 30.4 Å². The summed E-state index contributed by atoms with van der Waals surface area (Å²) < 4.78 is 0. The zero-order valence-corrected chi connectivity index (χ0v) is 12.6. The van der Waals surface area contributed by atoms with E-state index in [-0.39, 0.29) is 18.7 Å². The SMILES string of the molecule is C[C@@H]1CCN(C(=O)NCc2ccc3c(c2)CCC3)[C@@H]1CO. The lowest BCUT2D eigenvalue weighted by atomic mass is 10.0. The number of rotatable bonds is 3. The van der Waals surface area contributed by atoms with Crippen LogP contribution in [0.4, 0.5) is 4.79 Å². The number of hydrogen-bond acceptors (Lipinski definition) is 2. The summed E-state index contributed by atoms with van der Waals surface area (Å²) >= 11 is 0. The molecule has 1 aromatic carbocycles. The van der Waals surface area contributed by atoms with Gasteiger partial charge in [-0.05, 0) is 48.3 Å². The molecule has 0 bridgehead atoms. The summed E-state index contributed by atoms with van der Waals surface area (Å²) in [4.78, 5) is 14.0. The maximum atomic E-state index is 12.3. The molecule has 2 N–H and O–H groups in total. The number of aryl methyl sites for hydroxylation is 2. The van der Waals surface area contributed by atoms with Crippen molar-refractivity contribution in [3.63, 3.8) is 0 Å². The number of urea groups is 1. The number of hydrogen-bond donors (Lipinski definition) is 2. The summed E-state index contributed by atoms with van der Waals surface area (Å²) in [6.45, 7) is 3.44. The summed E-state index contributed by atoms with van der Waals surface area (Å²) in [5.74, 6) is 0.376. The first kappa shape index (κ1) is 14.4. The van der Waals surface area contributed by atoms with Crippen LogP contribution in [-0.4, -0.2) is 35.2 Å². The molecule has 1 saturated heterocycles. The number of nitrogens with one attached hydrogen (secondary N) is 1. The van der Waals surface area contributed by atoms with E-state index >= 15 is 0 Å². The fourth-order valence-corrected chi connectivity index (χ4v) is 3.55. The molecule has 0 saturated carbocycles. The average molecular weight is 288 g/mol. The Labute approximate surface area is 126 Å². The van der Waals surface area contributed by atoms with Gasteiger partial charge in [0.15, 0.2) is 0 Å². The van der Waals surface area contributed by atoms with Gasteiger partial charge in [-0.3, -0.25) is 0 Å². The molecule has 1 aliphatic carbocycles. The Balaban J connectivity index is 1.58. The van der Waals surface area contributed by atoms with Crippen LogP contribution in [0.5, 0.6) is 0 Å². The smallest absolute Gasteiger partial charge is 0.318 e. The summed E-state index contributed by atoms with van der Waals surface area (Å²) in [5, 5.41) is 12.4. The Morgan fingerprint density at radius 3 is 3.00 bits per heavy atom.